The molecule has 0 aliphatic heterocycles. The van der Waals surface area contributed by atoms with Crippen molar-refractivity contribution in [3.63, 3.8) is 0 Å². The lowest BCUT2D eigenvalue weighted by atomic mass is 10.2. The van der Waals surface area contributed by atoms with E-state index < -0.39 is 14.5 Å². The molecule has 0 unspecified atom stereocenters. The van der Waals surface area contributed by atoms with Gasteiger partial charge in [-0.25, -0.2) is 0 Å². The van der Waals surface area contributed by atoms with Crippen molar-refractivity contribution in [3.8, 4) is 46.0 Å². The van der Waals surface area contributed by atoms with Crippen LogP contribution in [0.2, 0.25) is 0 Å². The fourth-order valence-electron chi connectivity index (χ4n) is 11.8. The zero-order chi connectivity index (χ0) is 68.8. The molecule has 18 heteroatoms. The monoisotopic (exact) mass is 1330 g/mol. The molecule has 0 bridgehead atoms. The first kappa shape index (κ1) is 67.9. The summed E-state index contributed by atoms with van der Waals surface area (Å²) in [5, 5.41) is 4.54. The summed E-state index contributed by atoms with van der Waals surface area (Å²) in [4.78, 5) is 9.03. The second kappa shape index (κ2) is 30.9. The van der Waals surface area contributed by atoms with E-state index in [1.807, 2.05) is 97.1 Å². The van der Waals surface area contributed by atoms with Gasteiger partial charge in [0.15, 0.2) is 0 Å². The Hall–Kier alpha value is -11.5. The Morgan fingerprint density at radius 2 is 0.276 bits per heavy atom. The molecule has 0 spiro atoms. The maximum atomic E-state index is 9.75. The van der Waals surface area contributed by atoms with Crippen molar-refractivity contribution in [3.05, 3.63) is 291 Å². The molecule has 0 amide bonds. The van der Waals surface area contributed by atoms with E-state index in [0.717, 1.165) is 135 Å². The van der Waals surface area contributed by atoms with Gasteiger partial charge in [-0.1, -0.05) is 0 Å². The molecule has 0 aliphatic carbocycles. The molecule has 0 saturated heterocycles. The summed E-state index contributed by atoms with van der Waals surface area (Å²) in [5.74, 6) is 6.15. The summed E-state index contributed by atoms with van der Waals surface area (Å²) in [6.45, 7) is 0. The largest absolute Gasteiger partial charge is 0.673 e. The SMILES string of the molecule is COc1ccc(N(c2ccc(OC)cc2)c2ccc([P+](c3ccc(N(c4ccc(OC)cc4)c4ccc(OC)cc4)cc3)(c3ccc(N(c4ccc(OC)cc4)c4ccc(OC)cc4)cc3)c3ccc(N(c4ccc(OC)cc4)c4ccc(OC)cc4)cc3)cc2)cc1.F[B-](F)(F)F. The van der Waals surface area contributed by atoms with Crippen molar-refractivity contribution in [2.45, 2.75) is 0 Å². The number of methoxy groups -OCH3 is 8. The predicted molar refractivity (Wildman–Crippen MR) is 393 cm³/mol. The molecule has 0 N–H and O–H groups in total. The van der Waals surface area contributed by atoms with Crippen LogP contribution in [0.25, 0.3) is 0 Å². The van der Waals surface area contributed by atoms with Crippen molar-refractivity contribution < 1.29 is 55.2 Å². The summed E-state index contributed by atoms with van der Waals surface area (Å²) in [6, 6.07) is 102. The van der Waals surface area contributed by atoms with Gasteiger partial charge in [0.1, 0.15) is 74.5 Å². The Bertz CT molecular complexity index is 3720. The van der Waals surface area contributed by atoms with Gasteiger partial charge in [-0.3, -0.25) is 0 Å². The molecule has 0 radical (unpaired) electrons. The van der Waals surface area contributed by atoms with Crippen LogP contribution in [0, 0.1) is 0 Å². The molecule has 0 aromatic heterocycles. The highest BCUT2D eigenvalue weighted by atomic mass is 31.2. The quantitative estimate of drug-likeness (QED) is 0.0328. The van der Waals surface area contributed by atoms with Crippen LogP contribution in [0.5, 0.6) is 46.0 Å². The molecule has 0 saturated carbocycles. The smallest absolute Gasteiger partial charge is 0.497 e. The zero-order valence-corrected chi connectivity index (χ0v) is 56.2. The first-order valence-electron chi connectivity index (χ1n) is 31.2. The number of ether oxygens (including phenoxy) is 8. The number of benzene rings is 12. The summed E-state index contributed by atoms with van der Waals surface area (Å²) < 4.78 is 84.2. The summed E-state index contributed by atoms with van der Waals surface area (Å²) in [5.41, 5.74) is 11.6. The van der Waals surface area contributed by atoms with E-state index in [1.54, 1.807) is 56.9 Å². The highest BCUT2D eigenvalue weighted by Gasteiger charge is 2.48. The van der Waals surface area contributed by atoms with E-state index in [0.29, 0.717) is 0 Å². The van der Waals surface area contributed by atoms with Crippen LogP contribution in [0.15, 0.2) is 291 Å². The second-order valence-electron chi connectivity index (χ2n) is 22.2. The molecule has 12 rings (SSSR count). The molecule has 12 nitrogen and oxygen atoms in total. The molecular formula is C80H72BF4N4O8P. The first-order chi connectivity index (χ1) is 47.7. The third-order valence-corrected chi connectivity index (χ3v) is 20.9. The van der Waals surface area contributed by atoms with Crippen molar-refractivity contribution in [2.24, 2.45) is 0 Å². The van der Waals surface area contributed by atoms with Crippen LogP contribution in [0.4, 0.5) is 85.5 Å². The van der Waals surface area contributed by atoms with Crippen LogP contribution in [-0.2, 0) is 0 Å². The Morgan fingerprint density at radius 3 is 0.367 bits per heavy atom. The molecular weight excluding hydrogens is 1260 g/mol. The van der Waals surface area contributed by atoms with E-state index in [-0.39, 0.29) is 0 Å². The third-order valence-electron chi connectivity index (χ3n) is 16.6. The standard InChI is InChI=1S/C80H72N4O8P.BF4/c1-85-69-33-9-57(10-34-69)81(58-11-35-70(86-2)36-12-58)65-25-49-77(50-26-65)93(78-51-27-66(28-52-78)82(59-13-37-71(87-3)38-14-59)60-15-39-72(88-4)40-16-60,79-53-29-67(30-54-79)83(61-17-41-73(89-5)42-18-61)62-19-43-74(90-6)44-20-62)80-55-31-68(32-56-80)84(63-21-45-75(91-7)46-22-63)64-23-47-76(92-8)48-24-64;2-1(3,4)5/h9-56H,1-8H3;/q+1;-1. The number of hydrogen-bond donors (Lipinski definition) is 0. The van der Waals surface area contributed by atoms with E-state index in [4.69, 9.17) is 37.9 Å². The molecule has 496 valence electrons. The van der Waals surface area contributed by atoms with Crippen LogP contribution >= 0.6 is 7.26 Å². The minimum atomic E-state index is -6.00. The summed E-state index contributed by atoms with van der Waals surface area (Å²) >= 11 is 0. The second-order valence-corrected chi connectivity index (χ2v) is 25.6. The van der Waals surface area contributed by atoms with Gasteiger partial charge in [0, 0.05) is 68.2 Å². The number of rotatable bonds is 24. The average molecular weight is 1340 g/mol. The Balaban J connectivity index is 0.00000188. The highest BCUT2D eigenvalue weighted by Crippen LogP contribution is 2.56. The number of halogens is 4. The summed E-state index contributed by atoms with van der Waals surface area (Å²) in [7, 11) is 4.52. The molecule has 0 atom stereocenters. The van der Waals surface area contributed by atoms with Gasteiger partial charge in [-0.2, -0.15) is 0 Å². The van der Waals surface area contributed by atoms with Gasteiger partial charge in [-0.15, -0.1) is 0 Å². The normalized spacial score (nSPS) is 11.1. The number of nitrogens with zero attached hydrogens (tertiary/aromatic N) is 4. The maximum absolute atomic E-state index is 9.75. The molecule has 98 heavy (non-hydrogen) atoms. The molecule has 0 fully saturated rings. The van der Waals surface area contributed by atoms with Gasteiger partial charge >= 0.3 is 7.25 Å². The summed E-state index contributed by atoms with van der Waals surface area (Å²) in [6.07, 6.45) is 0. The molecule has 12 aromatic carbocycles. The van der Waals surface area contributed by atoms with Crippen LogP contribution in [-0.4, -0.2) is 64.1 Å². The Labute approximate surface area is 570 Å². The lowest BCUT2D eigenvalue weighted by Gasteiger charge is -2.31. The van der Waals surface area contributed by atoms with Gasteiger partial charge < -0.3 is 74.8 Å². The van der Waals surface area contributed by atoms with Gasteiger partial charge in [0.05, 0.1) is 56.9 Å². The Kier molecular flexibility index (Phi) is 21.4. The van der Waals surface area contributed by atoms with Crippen LogP contribution in [0.3, 0.4) is 0 Å². The van der Waals surface area contributed by atoms with Gasteiger partial charge in [-0.05, 0) is 291 Å². The highest BCUT2D eigenvalue weighted by molar-refractivity contribution is 8.01. The van der Waals surface area contributed by atoms with Crippen molar-refractivity contribution >= 4 is 104 Å². The topological polar surface area (TPSA) is 86.8 Å². The van der Waals surface area contributed by atoms with E-state index >= 15 is 0 Å². The van der Waals surface area contributed by atoms with E-state index in [1.165, 1.54) is 0 Å². The average Bonchev–Trinajstić information content (AvgIpc) is 0.727. The zero-order valence-electron chi connectivity index (χ0n) is 55.3. The van der Waals surface area contributed by atoms with Gasteiger partial charge in [0.2, 0.25) is 0 Å². The Morgan fingerprint density at radius 1 is 0.184 bits per heavy atom. The van der Waals surface area contributed by atoms with Crippen LogP contribution < -0.4 is 78.7 Å². The van der Waals surface area contributed by atoms with E-state index in [2.05, 4.69) is 214 Å². The number of hydrogen-bond acceptors (Lipinski definition) is 12. The minimum Gasteiger partial charge on any atom is -0.497 e. The van der Waals surface area contributed by atoms with Crippen molar-refractivity contribution in [1.82, 2.24) is 0 Å². The maximum Gasteiger partial charge on any atom is 0.673 e. The lowest BCUT2D eigenvalue weighted by Crippen LogP contribution is -2.39. The first-order valence-corrected chi connectivity index (χ1v) is 33.0. The molecule has 0 heterocycles. The molecule has 0 aliphatic rings. The molecule has 12 aromatic rings. The van der Waals surface area contributed by atoms with Crippen LogP contribution in [0.1, 0.15) is 0 Å². The van der Waals surface area contributed by atoms with Crippen molar-refractivity contribution in [2.75, 3.05) is 76.5 Å². The number of anilines is 12. The fraction of sp³-hybridized carbons (Fsp3) is 0.100. The third kappa shape index (κ3) is 15.2. The predicted octanol–water partition coefficient (Wildman–Crippen LogP) is 19.6. The van der Waals surface area contributed by atoms with Gasteiger partial charge in [0.25, 0.3) is 0 Å². The minimum absolute atomic E-state index is 0.768. The van der Waals surface area contributed by atoms with Crippen molar-refractivity contribution in [1.29, 1.82) is 0 Å². The lowest BCUT2D eigenvalue weighted by molar-refractivity contribution is 0.368. The van der Waals surface area contributed by atoms with E-state index in [9.17, 15) is 17.3 Å². The fourth-order valence-corrected chi connectivity index (χ4v) is 16.0.